The van der Waals surface area contributed by atoms with Crippen LogP contribution < -0.4 is 5.01 Å². The normalized spacial score (nSPS) is 10.8. The van der Waals surface area contributed by atoms with Gasteiger partial charge in [-0.2, -0.15) is 0 Å². The van der Waals surface area contributed by atoms with Gasteiger partial charge < -0.3 is 10.1 Å². The highest BCUT2D eigenvalue weighted by Crippen LogP contribution is 2.24. The molecule has 0 radical (unpaired) electrons. The first-order chi connectivity index (χ1) is 8.50. The molecule has 1 N–H and O–H groups in total. The average molecular weight is 266 g/mol. The zero-order valence-electron chi connectivity index (χ0n) is 10.4. The maximum atomic E-state index is 10.6. The summed E-state index contributed by atoms with van der Waals surface area (Å²) in [4.78, 5) is 19.4. The van der Waals surface area contributed by atoms with Crippen LogP contribution in [0.5, 0.6) is 0 Å². The Morgan fingerprint density at radius 1 is 1.56 bits per heavy atom. The maximum absolute atomic E-state index is 10.6. The van der Waals surface area contributed by atoms with Gasteiger partial charge in [-0.15, -0.1) is 0 Å². The van der Waals surface area contributed by atoms with Gasteiger partial charge in [0.15, 0.2) is 10.8 Å². The van der Waals surface area contributed by atoms with Crippen LogP contribution >= 0.6 is 11.8 Å². The lowest BCUT2D eigenvalue weighted by molar-refractivity contribution is -0.133. The Balaban J connectivity index is 2.54. The first-order valence-electron chi connectivity index (χ1n) is 5.37. The summed E-state index contributed by atoms with van der Waals surface area (Å²) >= 11 is 1.19. The third kappa shape index (κ3) is 2.26. The van der Waals surface area contributed by atoms with Gasteiger partial charge in [0, 0.05) is 20.3 Å². The van der Waals surface area contributed by atoms with E-state index in [9.17, 15) is 4.79 Å². The molecule has 2 aromatic heterocycles. The van der Waals surface area contributed by atoms with E-state index >= 15 is 0 Å². The van der Waals surface area contributed by atoms with Gasteiger partial charge in [-0.05, 0) is 18.6 Å². The van der Waals surface area contributed by atoms with Gasteiger partial charge in [0.2, 0.25) is 0 Å². The van der Waals surface area contributed by atoms with E-state index in [-0.39, 0.29) is 5.75 Å². The Labute approximate surface area is 109 Å². The number of thioether (sulfide) groups is 1. The van der Waals surface area contributed by atoms with Crippen LogP contribution in [0.25, 0.3) is 11.2 Å². The highest BCUT2D eigenvalue weighted by molar-refractivity contribution is 7.99. The van der Waals surface area contributed by atoms with Gasteiger partial charge in [0.25, 0.3) is 0 Å². The molecule has 0 amide bonds. The summed E-state index contributed by atoms with van der Waals surface area (Å²) in [6, 6.07) is 1.89. The summed E-state index contributed by atoms with van der Waals surface area (Å²) in [5.74, 6) is -0.877. The lowest BCUT2D eigenvalue weighted by Gasteiger charge is -2.16. The van der Waals surface area contributed by atoms with E-state index in [2.05, 4.69) is 9.97 Å². The Morgan fingerprint density at radius 2 is 2.28 bits per heavy atom. The predicted octanol–water partition coefficient (Wildman–Crippen LogP) is 1.11. The third-order valence-corrected chi connectivity index (χ3v) is 3.33. The number of fused-ring (bicyclic) bond motifs is 1. The summed E-state index contributed by atoms with van der Waals surface area (Å²) in [6.45, 7) is 1.96. The minimum atomic E-state index is -0.859. The van der Waals surface area contributed by atoms with Crippen LogP contribution in [0.1, 0.15) is 5.56 Å². The lowest BCUT2D eigenvalue weighted by atomic mass is 10.3. The third-order valence-electron chi connectivity index (χ3n) is 2.42. The first kappa shape index (κ1) is 12.7. The minimum Gasteiger partial charge on any atom is -0.481 e. The quantitative estimate of drug-likeness (QED) is 0.836. The maximum Gasteiger partial charge on any atom is 0.313 e. The van der Waals surface area contributed by atoms with E-state index in [4.69, 9.17) is 5.11 Å². The summed E-state index contributed by atoms with van der Waals surface area (Å²) in [5, 5.41) is 11.2. The Morgan fingerprint density at radius 3 is 2.89 bits per heavy atom. The molecule has 2 aromatic rings. The van der Waals surface area contributed by atoms with Gasteiger partial charge in [-0.1, -0.05) is 11.8 Å². The van der Waals surface area contributed by atoms with E-state index in [1.807, 2.05) is 36.8 Å². The van der Waals surface area contributed by atoms with E-state index in [0.29, 0.717) is 5.16 Å². The number of carbonyl (C=O) groups is 1. The van der Waals surface area contributed by atoms with E-state index < -0.39 is 5.97 Å². The molecule has 0 bridgehead atoms. The van der Waals surface area contributed by atoms with Crippen molar-refractivity contribution in [3.05, 3.63) is 17.8 Å². The lowest BCUT2D eigenvalue weighted by Crippen LogP contribution is -2.26. The van der Waals surface area contributed by atoms with Crippen molar-refractivity contribution in [2.45, 2.75) is 12.1 Å². The molecule has 0 aromatic carbocycles. The SMILES string of the molecule is Cc1ccnc2c1nc(SCC(=O)O)n2N(C)C. The zero-order chi connectivity index (χ0) is 13.3. The number of aromatic nitrogens is 3. The highest BCUT2D eigenvalue weighted by Gasteiger charge is 2.16. The molecule has 0 saturated carbocycles. The molecule has 2 heterocycles. The smallest absolute Gasteiger partial charge is 0.313 e. The number of nitrogens with zero attached hydrogens (tertiary/aromatic N) is 4. The Hall–Kier alpha value is -1.76. The molecule has 18 heavy (non-hydrogen) atoms. The topological polar surface area (TPSA) is 71.2 Å². The first-order valence-corrected chi connectivity index (χ1v) is 6.35. The molecule has 0 aliphatic carbocycles. The number of rotatable bonds is 4. The van der Waals surface area contributed by atoms with Crippen molar-refractivity contribution in [1.29, 1.82) is 0 Å². The molecule has 2 rings (SSSR count). The fourth-order valence-electron chi connectivity index (χ4n) is 1.64. The van der Waals surface area contributed by atoms with Crippen molar-refractivity contribution >= 4 is 28.9 Å². The standard InChI is InChI=1S/C11H14N4O2S/c1-7-4-5-12-10-9(7)13-11(15(10)14(2)3)18-6-8(16)17/h4-5H,6H2,1-3H3,(H,16,17). The van der Waals surface area contributed by atoms with E-state index in [0.717, 1.165) is 16.7 Å². The monoisotopic (exact) mass is 266 g/mol. The van der Waals surface area contributed by atoms with Crippen molar-refractivity contribution in [3.63, 3.8) is 0 Å². The van der Waals surface area contributed by atoms with Crippen LogP contribution in [0.2, 0.25) is 0 Å². The minimum absolute atomic E-state index is 0.0176. The molecule has 0 aliphatic rings. The fraction of sp³-hybridized carbons (Fsp3) is 0.364. The highest BCUT2D eigenvalue weighted by atomic mass is 32.2. The Kier molecular flexibility index (Phi) is 3.42. The van der Waals surface area contributed by atoms with Crippen LogP contribution in [0.4, 0.5) is 0 Å². The second kappa shape index (κ2) is 4.85. The van der Waals surface area contributed by atoms with Crippen LogP contribution in [-0.4, -0.2) is 45.6 Å². The molecular weight excluding hydrogens is 252 g/mol. The second-order valence-corrected chi connectivity index (χ2v) is 4.98. The number of imidazole rings is 1. The van der Waals surface area contributed by atoms with Crippen molar-refractivity contribution < 1.29 is 9.90 Å². The fourth-order valence-corrected chi connectivity index (χ4v) is 2.42. The second-order valence-electron chi connectivity index (χ2n) is 4.04. The molecular formula is C11H14N4O2S. The summed E-state index contributed by atoms with van der Waals surface area (Å²) in [7, 11) is 3.74. The summed E-state index contributed by atoms with van der Waals surface area (Å²) in [5.41, 5.74) is 2.57. The van der Waals surface area contributed by atoms with Crippen LogP contribution in [0.3, 0.4) is 0 Å². The molecule has 0 spiro atoms. The average Bonchev–Trinajstić information content (AvgIpc) is 2.66. The van der Waals surface area contributed by atoms with E-state index in [1.165, 1.54) is 11.8 Å². The molecule has 0 unspecified atom stereocenters. The van der Waals surface area contributed by atoms with Crippen LogP contribution in [0, 0.1) is 6.92 Å². The zero-order valence-corrected chi connectivity index (χ0v) is 11.2. The molecule has 0 aliphatic heterocycles. The largest absolute Gasteiger partial charge is 0.481 e. The van der Waals surface area contributed by atoms with Crippen LogP contribution in [0.15, 0.2) is 17.4 Å². The number of aliphatic carboxylic acids is 1. The number of hydrogen-bond acceptors (Lipinski definition) is 5. The molecule has 7 heteroatoms. The van der Waals surface area contributed by atoms with Crippen molar-refractivity contribution in [1.82, 2.24) is 14.6 Å². The summed E-state index contributed by atoms with van der Waals surface area (Å²) in [6.07, 6.45) is 1.73. The van der Waals surface area contributed by atoms with Gasteiger partial charge in [0.1, 0.15) is 5.52 Å². The molecule has 96 valence electrons. The summed E-state index contributed by atoms with van der Waals surface area (Å²) < 4.78 is 1.82. The predicted molar refractivity (Wildman–Crippen MR) is 70.7 cm³/mol. The number of aryl methyl sites for hydroxylation is 1. The van der Waals surface area contributed by atoms with Crippen molar-refractivity contribution in [3.8, 4) is 0 Å². The number of pyridine rings is 1. The number of carboxylic acid groups (broad SMARTS) is 1. The van der Waals surface area contributed by atoms with Gasteiger partial charge in [0.05, 0.1) is 5.75 Å². The molecule has 6 nitrogen and oxygen atoms in total. The number of carboxylic acids is 1. The van der Waals surface area contributed by atoms with Gasteiger partial charge in [-0.25, -0.2) is 14.6 Å². The van der Waals surface area contributed by atoms with E-state index in [1.54, 1.807) is 6.20 Å². The molecule has 0 atom stereocenters. The molecule has 0 fully saturated rings. The number of hydrogen-bond donors (Lipinski definition) is 1. The van der Waals surface area contributed by atoms with Crippen LogP contribution in [-0.2, 0) is 4.79 Å². The Bertz CT molecular complexity index is 594. The van der Waals surface area contributed by atoms with Crippen molar-refractivity contribution in [2.75, 3.05) is 24.9 Å². The van der Waals surface area contributed by atoms with Gasteiger partial charge >= 0.3 is 5.97 Å². The van der Waals surface area contributed by atoms with Crippen molar-refractivity contribution in [2.24, 2.45) is 0 Å². The molecule has 0 saturated heterocycles. The van der Waals surface area contributed by atoms with Gasteiger partial charge in [-0.3, -0.25) is 4.79 Å².